The van der Waals surface area contributed by atoms with Crippen molar-refractivity contribution in [1.82, 2.24) is 19.9 Å². The fourth-order valence-corrected chi connectivity index (χ4v) is 3.00. The van der Waals surface area contributed by atoms with Gasteiger partial charge in [-0.15, -0.1) is 0 Å². The lowest BCUT2D eigenvalue weighted by Crippen LogP contribution is -2.12. The zero-order valence-electron chi connectivity index (χ0n) is 16.2. The van der Waals surface area contributed by atoms with Gasteiger partial charge in [-0.3, -0.25) is 10.1 Å². The van der Waals surface area contributed by atoms with Crippen LogP contribution in [0.25, 0.3) is 10.9 Å². The average Bonchev–Trinajstić information content (AvgIpc) is 2.68. The van der Waals surface area contributed by atoms with Crippen LogP contribution in [-0.2, 0) is 4.79 Å². The Morgan fingerprint density at radius 3 is 2.86 bits per heavy atom. The smallest absolute Gasteiger partial charge is 0.301 e. The van der Waals surface area contributed by atoms with Crippen LogP contribution in [0.5, 0.6) is 0 Å². The SMILES string of the molecule is CN(C)CCCC#CC(=O)Nc1cc2c(Nc3cccc(Br)c3)ncnc2cn1. The Kier molecular flexibility index (Phi) is 7.11. The molecule has 148 valence electrons. The molecule has 2 aromatic heterocycles. The lowest BCUT2D eigenvalue weighted by atomic mass is 10.2. The Morgan fingerprint density at radius 2 is 2.07 bits per heavy atom. The van der Waals surface area contributed by atoms with Gasteiger partial charge >= 0.3 is 5.91 Å². The van der Waals surface area contributed by atoms with Crippen molar-refractivity contribution in [1.29, 1.82) is 0 Å². The second-order valence-electron chi connectivity index (χ2n) is 6.61. The summed E-state index contributed by atoms with van der Waals surface area (Å²) in [5.74, 6) is 6.13. The molecule has 0 unspecified atom stereocenters. The van der Waals surface area contributed by atoms with Crippen LogP contribution in [0, 0.1) is 11.8 Å². The number of fused-ring (bicyclic) bond motifs is 1. The molecule has 0 saturated carbocycles. The summed E-state index contributed by atoms with van der Waals surface area (Å²) in [4.78, 5) is 27.0. The molecule has 1 aromatic carbocycles. The molecule has 0 bridgehead atoms. The standard InChI is InChI=1S/C21H21BrN6O/c1-28(2)10-5-3-4-9-20(29)27-19-12-17-18(13-23-19)24-14-25-21(17)26-16-8-6-7-15(22)11-16/h6-8,11-14H,3,5,10H2,1-2H3,(H,23,27,29)(H,24,25,26). The molecule has 2 N–H and O–H groups in total. The highest BCUT2D eigenvalue weighted by Gasteiger charge is 2.08. The van der Waals surface area contributed by atoms with Crippen molar-refractivity contribution in [3.63, 3.8) is 0 Å². The number of hydrogen-bond acceptors (Lipinski definition) is 6. The van der Waals surface area contributed by atoms with Crippen molar-refractivity contribution in [2.75, 3.05) is 31.3 Å². The van der Waals surface area contributed by atoms with Gasteiger partial charge in [-0.25, -0.2) is 15.0 Å². The van der Waals surface area contributed by atoms with Gasteiger partial charge in [-0.1, -0.05) is 27.9 Å². The van der Waals surface area contributed by atoms with E-state index in [2.05, 4.69) is 58.3 Å². The monoisotopic (exact) mass is 452 g/mol. The molecule has 0 aliphatic rings. The molecular formula is C21H21BrN6O. The molecule has 0 atom stereocenters. The predicted octanol–water partition coefficient (Wildman–Crippen LogP) is 3.81. The van der Waals surface area contributed by atoms with E-state index in [4.69, 9.17) is 0 Å². The highest BCUT2D eigenvalue weighted by Crippen LogP contribution is 2.25. The van der Waals surface area contributed by atoms with Gasteiger partial charge in [0.2, 0.25) is 0 Å². The van der Waals surface area contributed by atoms with Gasteiger partial charge in [-0.05, 0) is 57.2 Å². The molecule has 1 amide bonds. The lowest BCUT2D eigenvalue weighted by Gasteiger charge is -2.09. The third kappa shape index (κ3) is 6.24. The van der Waals surface area contributed by atoms with Gasteiger partial charge in [0.15, 0.2) is 0 Å². The van der Waals surface area contributed by atoms with Crippen LogP contribution in [0.4, 0.5) is 17.3 Å². The fraction of sp³-hybridized carbons (Fsp3) is 0.238. The van der Waals surface area contributed by atoms with Crippen LogP contribution in [0.2, 0.25) is 0 Å². The van der Waals surface area contributed by atoms with Crippen molar-refractivity contribution in [2.45, 2.75) is 12.8 Å². The van der Waals surface area contributed by atoms with Crippen LogP contribution >= 0.6 is 15.9 Å². The molecule has 8 heteroatoms. The zero-order chi connectivity index (χ0) is 20.6. The number of aromatic nitrogens is 3. The molecule has 0 saturated heterocycles. The third-order valence-electron chi connectivity index (χ3n) is 3.96. The zero-order valence-corrected chi connectivity index (χ0v) is 17.8. The van der Waals surface area contributed by atoms with Crippen LogP contribution in [0.3, 0.4) is 0 Å². The number of halogens is 1. The number of carbonyl (C=O) groups excluding carboxylic acids is 1. The molecule has 7 nitrogen and oxygen atoms in total. The fourth-order valence-electron chi connectivity index (χ4n) is 2.60. The van der Waals surface area contributed by atoms with E-state index in [-0.39, 0.29) is 5.91 Å². The molecule has 2 heterocycles. The largest absolute Gasteiger partial charge is 0.340 e. The number of benzene rings is 1. The normalized spacial score (nSPS) is 10.5. The first-order valence-electron chi connectivity index (χ1n) is 9.09. The van der Waals surface area contributed by atoms with E-state index in [0.29, 0.717) is 23.6 Å². The minimum Gasteiger partial charge on any atom is -0.340 e. The third-order valence-corrected chi connectivity index (χ3v) is 4.45. The molecule has 29 heavy (non-hydrogen) atoms. The van der Waals surface area contributed by atoms with Gasteiger partial charge in [0.25, 0.3) is 0 Å². The first kappa shape index (κ1) is 20.7. The van der Waals surface area contributed by atoms with Gasteiger partial charge in [0, 0.05) is 22.0 Å². The number of nitrogens with zero attached hydrogens (tertiary/aromatic N) is 4. The van der Waals surface area contributed by atoms with Crippen molar-refractivity contribution in [2.24, 2.45) is 0 Å². The lowest BCUT2D eigenvalue weighted by molar-refractivity contribution is -0.111. The van der Waals surface area contributed by atoms with Crippen molar-refractivity contribution in [3.05, 3.63) is 47.3 Å². The number of hydrogen-bond donors (Lipinski definition) is 2. The second-order valence-corrected chi connectivity index (χ2v) is 7.52. The quantitative estimate of drug-likeness (QED) is 0.436. The maximum atomic E-state index is 12.1. The first-order valence-corrected chi connectivity index (χ1v) is 9.88. The summed E-state index contributed by atoms with van der Waals surface area (Å²) < 4.78 is 0.958. The minimum atomic E-state index is -0.389. The molecular weight excluding hydrogens is 432 g/mol. The van der Waals surface area contributed by atoms with E-state index in [1.165, 1.54) is 6.33 Å². The van der Waals surface area contributed by atoms with Gasteiger partial charge in [-0.2, -0.15) is 0 Å². The number of amides is 1. The molecule has 3 rings (SSSR count). The molecule has 0 spiro atoms. The average molecular weight is 453 g/mol. The summed E-state index contributed by atoms with van der Waals surface area (Å²) in [6, 6.07) is 9.50. The van der Waals surface area contributed by atoms with Gasteiger partial charge in [0.05, 0.1) is 11.7 Å². The van der Waals surface area contributed by atoms with Crippen LogP contribution in [0.1, 0.15) is 12.8 Å². The van der Waals surface area contributed by atoms with Crippen LogP contribution in [-0.4, -0.2) is 46.4 Å². The predicted molar refractivity (Wildman–Crippen MR) is 119 cm³/mol. The summed E-state index contributed by atoms with van der Waals surface area (Å²) in [6.07, 6.45) is 4.67. The van der Waals surface area contributed by atoms with Gasteiger partial charge in [0.1, 0.15) is 18.0 Å². The molecule has 0 aliphatic heterocycles. The van der Waals surface area contributed by atoms with E-state index in [1.807, 2.05) is 38.4 Å². The minimum absolute atomic E-state index is 0.389. The summed E-state index contributed by atoms with van der Waals surface area (Å²) in [6.45, 7) is 0.941. The Morgan fingerprint density at radius 1 is 1.21 bits per heavy atom. The van der Waals surface area contributed by atoms with Crippen molar-refractivity contribution < 1.29 is 4.79 Å². The topological polar surface area (TPSA) is 83.0 Å². The Hall–Kier alpha value is -3.02. The summed E-state index contributed by atoms with van der Waals surface area (Å²) in [7, 11) is 4.02. The summed E-state index contributed by atoms with van der Waals surface area (Å²) >= 11 is 3.46. The van der Waals surface area contributed by atoms with Gasteiger partial charge < -0.3 is 10.2 Å². The number of nitrogens with one attached hydrogen (secondary N) is 2. The van der Waals surface area contributed by atoms with E-state index in [0.717, 1.165) is 28.5 Å². The van der Waals surface area contributed by atoms with Crippen molar-refractivity contribution >= 4 is 50.1 Å². The molecule has 0 radical (unpaired) electrons. The number of carbonyl (C=O) groups is 1. The number of pyridine rings is 1. The molecule has 0 aliphatic carbocycles. The maximum absolute atomic E-state index is 12.1. The highest BCUT2D eigenvalue weighted by atomic mass is 79.9. The molecule has 0 fully saturated rings. The van der Waals surface area contributed by atoms with Crippen molar-refractivity contribution in [3.8, 4) is 11.8 Å². The number of rotatable bonds is 6. The Balaban J connectivity index is 1.73. The van der Waals surface area contributed by atoms with E-state index in [1.54, 1.807) is 12.3 Å². The maximum Gasteiger partial charge on any atom is 0.301 e. The van der Waals surface area contributed by atoms with E-state index in [9.17, 15) is 4.79 Å². The highest BCUT2D eigenvalue weighted by molar-refractivity contribution is 9.10. The first-order chi connectivity index (χ1) is 14.0. The Bertz CT molecular complexity index is 1070. The number of anilines is 3. The van der Waals surface area contributed by atoms with Crippen LogP contribution < -0.4 is 10.6 Å². The van der Waals surface area contributed by atoms with E-state index >= 15 is 0 Å². The Labute approximate surface area is 178 Å². The number of unbranched alkanes of at least 4 members (excludes halogenated alkanes) is 1. The van der Waals surface area contributed by atoms with Crippen LogP contribution in [0.15, 0.2) is 47.3 Å². The summed E-state index contributed by atoms with van der Waals surface area (Å²) in [5.41, 5.74) is 1.55. The van der Waals surface area contributed by atoms with E-state index < -0.39 is 0 Å². The molecule has 3 aromatic rings. The second kappa shape index (κ2) is 9.96. The summed E-state index contributed by atoms with van der Waals surface area (Å²) in [5, 5.41) is 6.73.